The van der Waals surface area contributed by atoms with Gasteiger partial charge in [-0.05, 0) is 6.92 Å². The highest BCUT2D eigenvalue weighted by Crippen LogP contribution is 1.72. The second kappa shape index (κ2) is 6.29. The largest absolute Gasteiger partial charge is 0.372 e. The lowest BCUT2D eigenvalue weighted by molar-refractivity contribution is -0.125. The highest BCUT2D eigenvalue weighted by atomic mass is 16.5. The normalized spacial score (nSPS) is 8.90. The predicted octanol–water partition coefficient (Wildman–Crippen LogP) is 0.325. The fraction of sp³-hybridized carbons (Fsp3) is 0.571. The Labute approximate surface area is 61.1 Å². The van der Waals surface area contributed by atoms with E-state index in [0.29, 0.717) is 13.2 Å². The van der Waals surface area contributed by atoms with Gasteiger partial charge in [-0.1, -0.05) is 6.08 Å². The molecule has 3 nitrogen and oxygen atoms in total. The average molecular weight is 143 g/mol. The van der Waals surface area contributed by atoms with Crippen molar-refractivity contribution in [3.05, 3.63) is 12.7 Å². The van der Waals surface area contributed by atoms with Crippen molar-refractivity contribution in [1.29, 1.82) is 0 Å². The first kappa shape index (κ1) is 9.17. The molecule has 58 valence electrons. The number of rotatable bonds is 5. The zero-order valence-electron chi connectivity index (χ0n) is 6.22. The molecule has 1 N–H and O–H groups in total. The Morgan fingerprint density at radius 3 is 3.00 bits per heavy atom. The summed E-state index contributed by atoms with van der Waals surface area (Å²) in [5, 5.41) is 2.59. The molecular weight excluding hydrogens is 130 g/mol. The molecule has 0 aromatic heterocycles. The van der Waals surface area contributed by atoms with Gasteiger partial charge in [0.25, 0.3) is 0 Å². The van der Waals surface area contributed by atoms with Crippen LogP contribution in [0.5, 0.6) is 0 Å². The fourth-order valence-corrected chi connectivity index (χ4v) is 0.432. The molecule has 0 saturated carbocycles. The molecule has 3 heteroatoms. The maximum Gasteiger partial charge on any atom is 0.246 e. The van der Waals surface area contributed by atoms with Gasteiger partial charge in [-0.15, -0.1) is 6.58 Å². The number of hydrogen-bond acceptors (Lipinski definition) is 2. The zero-order chi connectivity index (χ0) is 7.82. The van der Waals surface area contributed by atoms with Crippen LogP contribution >= 0.6 is 0 Å². The molecule has 0 aliphatic heterocycles. The van der Waals surface area contributed by atoms with Gasteiger partial charge in [-0.3, -0.25) is 4.79 Å². The number of hydrogen-bond donors (Lipinski definition) is 1. The molecule has 0 radical (unpaired) electrons. The van der Waals surface area contributed by atoms with Crippen LogP contribution in [0.1, 0.15) is 6.92 Å². The Hall–Kier alpha value is -0.830. The lowest BCUT2D eigenvalue weighted by atomic mass is 10.5. The molecule has 0 aliphatic carbocycles. The number of nitrogens with one attached hydrogen (secondary N) is 1. The van der Waals surface area contributed by atoms with E-state index in [1.807, 2.05) is 6.92 Å². The van der Waals surface area contributed by atoms with Crippen molar-refractivity contribution < 1.29 is 9.53 Å². The third-order valence-electron chi connectivity index (χ3n) is 0.881. The van der Waals surface area contributed by atoms with E-state index < -0.39 is 0 Å². The summed E-state index contributed by atoms with van der Waals surface area (Å²) in [6.45, 7) is 6.53. The van der Waals surface area contributed by atoms with Crippen molar-refractivity contribution in [3.63, 3.8) is 0 Å². The van der Waals surface area contributed by atoms with Crippen LogP contribution < -0.4 is 5.32 Å². The van der Waals surface area contributed by atoms with E-state index in [-0.39, 0.29) is 12.5 Å². The van der Waals surface area contributed by atoms with E-state index in [2.05, 4.69) is 11.9 Å². The average Bonchev–Trinajstić information content (AvgIpc) is 1.97. The summed E-state index contributed by atoms with van der Waals surface area (Å²) in [6, 6.07) is 0. The lowest BCUT2D eigenvalue weighted by Gasteiger charge is -2.00. The van der Waals surface area contributed by atoms with Gasteiger partial charge in [0.05, 0.1) is 0 Å². The molecule has 0 unspecified atom stereocenters. The number of carbonyl (C=O) groups excluding carboxylic acids is 1. The Morgan fingerprint density at radius 1 is 1.80 bits per heavy atom. The van der Waals surface area contributed by atoms with Crippen LogP contribution in [-0.4, -0.2) is 25.7 Å². The van der Waals surface area contributed by atoms with Crippen molar-refractivity contribution in [1.82, 2.24) is 5.32 Å². The number of amides is 1. The third kappa shape index (κ3) is 5.31. The summed E-state index contributed by atoms with van der Waals surface area (Å²) >= 11 is 0. The number of carbonyl (C=O) groups is 1. The first-order chi connectivity index (χ1) is 4.81. The zero-order valence-corrected chi connectivity index (χ0v) is 6.22. The van der Waals surface area contributed by atoms with E-state index in [1.165, 1.54) is 0 Å². The van der Waals surface area contributed by atoms with Gasteiger partial charge in [-0.2, -0.15) is 0 Å². The summed E-state index contributed by atoms with van der Waals surface area (Å²) in [7, 11) is 0. The van der Waals surface area contributed by atoms with Gasteiger partial charge in [0.1, 0.15) is 6.61 Å². The molecule has 0 fully saturated rings. The van der Waals surface area contributed by atoms with Crippen LogP contribution in [0.15, 0.2) is 12.7 Å². The van der Waals surface area contributed by atoms with Gasteiger partial charge in [0.15, 0.2) is 0 Å². The SMILES string of the molecule is C=CCNC(=O)COCC. The molecule has 0 atom stereocenters. The van der Waals surface area contributed by atoms with E-state index >= 15 is 0 Å². The maximum atomic E-state index is 10.7. The van der Waals surface area contributed by atoms with Crippen LogP contribution in [-0.2, 0) is 9.53 Å². The first-order valence-corrected chi connectivity index (χ1v) is 3.26. The van der Waals surface area contributed by atoms with Crippen LogP contribution in [0.25, 0.3) is 0 Å². The Bertz CT molecular complexity index is 112. The van der Waals surface area contributed by atoms with Gasteiger partial charge in [-0.25, -0.2) is 0 Å². The maximum absolute atomic E-state index is 10.7. The molecule has 0 bridgehead atoms. The minimum absolute atomic E-state index is 0.0956. The standard InChI is InChI=1S/C7H13NO2/c1-3-5-8-7(9)6-10-4-2/h3H,1,4-6H2,2H3,(H,8,9). The van der Waals surface area contributed by atoms with Crippen molar-refractivity contribution in [2.24, 2.45) is 0 Å². The predicted molar refractivity (Wildman–Crippen MR) is 39.7 cm³/mol. The molecule has 0 aromatic rings. The first-order valence-electron chi connectivity index (χ1n) is 3.26. The quantitative estimate of drug-likeness (QED) is 0.563. The van der Waals surface area contributed by atoms with Crippen LogP contribution in [0.4, 0.5) is 0 Å². The van der Waals surface area contributed by atoms with E-state index in [9.17, 15) is 4.79 Å². The number of ether oxygens (including phenoxy) is 1. The molecule has 0 spiro atoms. The van der Waals surface area contributed by atoms with E-state index in [1.54, 1.807) is 6.08 Å². The molecule has 0 heterocycles. The molecule has 0 rings (SSSR count). The minimum Gasteiger partial charge on any atom is -0.372 e. The topological polar surface area (TPSA) is 38.3 Å². The van der Waals surface area contributed by atoms with Gasteiger partial charge >= 0.3 is 0 Å². The third-order valence-corrected chi connectivity index (χ3v) is 0.881. The Balaban J connectivity index is 3.16. The molecule has 1 amide bonds. The summed E-state index contributed by atoms with van der Waals surface area (Å²) in [6.07, 6.45) is 1.63. The van der Waals surface area contributed by atoms with E-state index in [4.69, 9.17) is 4.74 Å². The lowest BCUT2D eigenvalue weighted by Crippen LogP contribution is -2.27. The summed E-state index contributed by atoms with van der Waals surface area (Å²) in [5.74, 6) is -0.0956. The minimum atomic E-state index is -0.0956. The van der Waals surface area contributed by atoms with Gasteiger partial charge in [0, 0.05) is 13.2 Å². The van der Waals surface area contributed by atoms with Crippen molar-refractivity contribution in [2.75, 3.05) is 19.8 Å². The Kier molecular flexibility index (Phi) is 5.77. The summed E-state index contributed by atoms with van der Waals surface area (Å²) in [4.78, 5) is 10.7. The smallest absolute Gasteiger partial charge is 0.246 e. The second-order valence-corrected chi connectivity index (χ2v) is 1.73. The van der Waals surface area contributed by atoms with Crippen LogP contribution in [0, 0.1) is 0 Å². The monoisotopic (exact) mass is 143 g/mol. The van der Waals surface area contributed by atoms with Gasteiger partial charge < -0.3 is 10.1 Å². The summed E-state index contributed by atoms with van der Waals surface area (Å²) in [5.41, 5.74) is 0. The van der Waals surface area contributed by atoms with Crippen molar-refractivity contribution >= 4 is 5.91 Å². The molecule has 0 aromatic carbocycles. The summed E-state index contributed by atoms with van der Waals surface area (Å²) < 4.78 is 4.85. The van der Waals surface area contributed by atoms with E-state index in [0.717, 1.165) is 0 Å². The van der Waals surface area contributed by atoms with Gasteiger partial charge in [0.2, 0.25) is 5.91 Å². The van der Waals surface area contributed by atoms with Crippen LogP contribution in [0.2, 0.25) is 0 Å². The van der Waals surface area contributed by atoms with Crippen LogP contribution in [0.3, 0.4) is 0 Å². The highest BCUT2D eigenvalue weighted by molar-refractivity contribution is 5.77. The van der Waals surface area contributed by atoms with Crippen molar-refractivity contribution in [3.8, 4) is 0 Å². The highest BCUT2D eigenvalue weighted by Gasteiger charge is 1.95. The molecule has 0 aliphatic rings. The second-order valence-electron chi connectivity index (χ2n) is 1.73. The molecule has 0 saturated heterocycles. The van der Waals surface area contributed by atoms with Crippen molar-refractivity contribution in [2.45, 2.75) is 6.92 Å². The fourth-order valence-electron chi connectivity index (χ4n) is 0.432. The molecular formula is C7H13NO2. The Morgan fingerprint density at radius 2 is 2.50 bits per heavy atom. The molecule has 10 heavy (non-hydrogen) atoms.